The minimum atomic E-state index is -0.949. The molecule has 4 amide bonds. The fourth-order valence-electron chi connectivity index (χ4n) is 3.40. The van der Waals surface area contributed by atoms with Gasteiger partial charge in [0.1, 0.15) is 18.0 Å². The van der Waals surface area contributed by atoms with Gasteiger partial charge in [0, 0.05) is 0 Å². The van der Waals surface area contributed by atoms with Crippen LogP contribution in [0.4, 0.5) is 14.9 Å². The Labute approximate surface area is 220 Å². The Morgan fingerprint density at radius 1 is 0.944 bits per heavy atom. The van der Waals surface area contributed by atoms with Crippen LogP contribution < -0.4 is 19.7 Å². The maximum Gasteiger partial charge on any atom is 0.335 e. The number of ether oxygens (including phenoxy) is 2. The van der Waals surface area contributed by atoms with Gasteiger partial charge in [0.2, 0.25) is 0 Å². The first-order chi connectivity index (χ1) is 17.2. The van der Waals surface area contributed by atoms with Crippen molar-refractivity contribution in [2.24, 2.45) is 0 Å². The number of carbonyl (C=O) groups excluding carboxylic acids is 3. The summed E-state index contributed by atoms with van der Waals surface area (Å²) >= 11 is 18.4. The third-order valence-electron chi connectivity index (χ3n) is 5.12. The number of nitrogens with one attached hydrogen (secondary N) is 1. The zero-order chi connectivity index (χ0) is 26.0. The Hall–Kier alpha value is -3.59. The minimum absolute atomic E-state index is 0.0963. The van der Waals surface area contributed by atoms with Crippen LogP contribution in [0.3, 0.4) is 0 Å². The molecule has 0 aliphatic carbocycles. The second-order valence-electron chi connectivity index (χ2n) is 7.51. The summed E-state index contributed by atoms with van der Waals surface area (Å²) in [5.41, 5.74) is 0.842. The van der Waals surface area contributed by atoms with Crippen molar-refractivity contribution in [2.45, 2.75) is 6.61 Å². The maximum absolute atomic E-state index is 13.3. The largest absolute Gasteiger partial charge is 0.493 e. The van der Waals surface area contributed by atoms with Gasteiger partial charge in [0.15, 0.2) is 11.5 Å². The number of barbiturate groups is 1. The smallest absolute Gasteiger partial charge is 0.335 e. The number of benzene rings is 3. The quantitative estimate of drug-likeness (QED) is 0.299. The molecule has 11 heteroatoms. The molecule has 0 atom stereocenters. The summed E-state index contributed by atoms with van der Waals surface area (Å²) in [6.07, 6.45) is 1.26. The number of anilines is 1. The molecule has 1 aliphatic heterocycles. The number of amides is 4. The van der Waals surface area contributed by atoms with Crippen LogP contribution in [0.15, 0.2) is 60.2 Å². The van der Waals surface area contributed by atoms with E-state index >= 15 is 0 Å². The molecular formula is C25H16Cl3FN2O5. The molecule has 0 spiro atoms. The molecule has 0 aromatic heterocycles. The van der Waals surface area contributed by atoms with Crippen molar-refractivity contribution in [2.75, 3.05) is 12.0 Å². The predicted octanol–water partition coefficient (Wildman–Crippen LogP) is 6.04. The van der Waals surface area contributed by atoms with E-state index in [9.17, 15) is 18.8 Å². The lowest BCUT2D eigenvalue weighted by atomic mass is 10.1. The number of methoxy groups -OCH3 is 1. The number of hydrogen-bond donors (Lipinski definition) is 1. The zero-order valence-corrected chi connectivity index (χ0v) is 20.7. The van der Waals surface area contributed by atoms with Crippen molar-refractivity contribution in [3.63, 3.8) is 0 Å². The van der Waals surface area contributed by atoms with Crippen molar-refractivity contribution in [3.05, 3.63) is 92.2 Å². The number of imide groups is 2. The van der Waals surface area contributed by atoms with Gasteiger partial charge in [-0.2, -0.15) is 0 Å². The molecule has 3 aromatic rings. The molecule has 3 aromatic carbocycles. The monoisotopic (exact) mass is 548 g/mol. The summed E-state index contributed by atoms with van der Waals surface area (Å²) < 4.78 is 24.5. The van der Waals surface area contributed by atoms with Gasteiger partial charge in [-0.25, -0.2) is 14.1 Å². The minimum Gasteiger partial charge on any atom is -0.493 e. The molecule has 1 fully saturated rings. The molecule has 1 saturated heterocycles. The Morgan fingerprint density at radius 3 is 2.33 bits per heavy atom. The number of carbonyl (C=O) groups is 3. The van der Waals surface area contributed by atoms with Crippen LogP contribution in [0.5, 0.6) is 11.5 Å². The number of urea groups is 1. The van der Waals surface area contributed by atoms with Crippen LogP contribution >= 0.6 is 34.8 Å². The van der Waals surface area contributed by atoms with Crippen LogP contribution in [0.1, 0.15) is 11.1 Å². The molecule has 0 bridgehead atoms. The summed E-state index contributed by atoms with van der Waals surface area (Å²) in [5, 5.41) is 3.04. The van der Waals surface area contributed by atoms with Crippen molar-refractivity contribution in [1.29, 1.82) is 0 Å². The Morgan fingerprint density at radius 2 is 1.67 bits per heavy atom. The summed E-state index contributed by atoms with van der Waals surface area (Å²) in [5.74, 6) is -1.85. The van der Waals surface area contributed by atoms with E-state index in [1.807, 2.05) is 0 Å². The van der Waals surface area contributed by atoms with Crippen LogP contribution in [0.25, 0.3) is 6.08 Å². The van der Waals surface area contributed by atoms with E-state index in [0.717, 1.165) is 22.6 Å². The van der Waals surface area contributed by atoms with Crippen molar-refractivity contribution < 1.29 is 28.2 Å². The Kier molecular flexibility index (Phi) is 7.49. The first kappa shape index (κ1) is 25.5. The van der Waals surface area contributed by atoms with Gasteiger partial charge in [-0.3, -0.25) is 14.9 Å². The van der Waals surface area contributed by atoms with Crippen LogP contribution in [-0.4, -0.2) is 25.0 Å². The van der Waals surface area contributed by atoms with Crippen LogP contribution in [0, 0.1) is 5.82 Å². The normalized spacial score (nSPS) is 14.8. The average Bonchev–Trinajstić information content (AvgIpc) is 2.84. The lowest BCUT2D eigenvalue weighted by molar-refractivity contribution is -0.122. The number of nitrogens with zero attached hydrogens (tertiary/aromatic N) is 1. The van der Waals surface area contributed by atoms with Crippen LogP contribution in [-0.2, 0) is 16.2 Å². The van der Waals surface area contributed by atoms with Crippen molar-refractivity contribution >= 4 is 64.4 Å². The van der Waals surface area contributed by atoms with Gasteiger partial charge in [0.25, 0.3) is 11.8 Å². The predicted molar refractivity (Wildman–Crippen MR) is 134 cm³/mol. The highest BCUT2D eigenvalue weighted by molar-refractivity contribution is 6.42. The first-order valence-corrected chi connectivity index (χ1v) is 11.4. The molecule has 4 rings (SSSR count). The average molecular weight is 550 g/mol. The summed E-state index contributed by atoms with van der Waals surface area (Å²) in [7, 11) is 1.40. The number of hydrogen-bond acceptors (Lipinski definition) is 5. The van der Waals surface area contributed by atoms with Gasteiger partial charge in [-0.1, -0.05) is 40.9 Å². The summed E-state index contributed by atoms with van der Waals surface area (Å²) in [6, 6.07) is 11.8. The highest BCUT2D eigenvalue weighted by Crippen LogP contribution is 2.38. The first-order valence-electron chi connectivity index (χ1n) is 10.3. The topological polar surface area (TPSA) is 84.9 Å². The second kappa shape index (κ2) is 10.6. The van der Waals surface area contributed by atoms with E-state index in [4.69, 9.17) is 44.3 Å². The molecule has 0 saturated carbocycles. The van der Waals surface area contributed by atoms with E-state index in [-0.39, 0.29) is 34.4 Å². The lowest BCUT2D eigenvalue weighted by Crippen LogP contribution is -2.54. The third-order valence-corrected chi connectivity index (χ3v) is 6.14. The van der Waals surface area contributed by atoms with Crippen molar-refractivity contribution in [1.82, 2.24) is 5.32 Å². The van der Waals surface area contributed by atoms with Gasteiger partial charge in [0.05, 0.1) is 27.9 Å². The van der Waals surface area contributed by atoms with Gasteiger partial charge >= 0.3 is 6.03 Å². The molecule has 1 heterocycles. The second-order valence-corrected chi connectivity index (χ2v) is 8.73. The summed E-state index contributed by atoms with van der Waals surface area (Å²) in [6.45, 7) is 0.114. The van der Waals surface area contributed by atoms with E-state index in [0.29, 0.717) is 15.6 Å². The number of halogens is 4. The molecule has 36 heavy (non-hydrogen) atoms. The van der Waals surface area contributed by atoms with E-state index in [2.05, 4.69) is 5.32 Å². The van der Waals surface area contributed by atoms with Gasteiger partial charge in [-0.05, 0) is 65.7 Å². The Balaban J connectivity index is 1.63. The van der Waals surface area contributed by atoms with Crippen molar-refractivity contribution in [3.8, 4) is 11.5 Å². The third kappa shape index (κ3) is 5.31. The number of rotatable bonds is 6. The fraction of sp³-hybridized carbons (Fsp3) is 0.0800. The molecule has 7 nitrogen and oxygen atoms in total. The highest BCUT2D eigenvalue weighted by atomic mass is 35.5. The lowest BCUT2D eigenvalue weighted by Gasteiger charge is -2.26. The van der Waals surface area contributed by atoms with E-state index in [1.165, 1.54) is 37.5 Å². The SMILES string of the molecule is COc1cc(/C=C2\C(=O)NC(=O)N(c3ccc(F)cc3)C2=O)cc(Cl)c1OCc1ccc(Cl)c(Cl)c1. The molecular weight excluding hydrogens is 534 g/mol. The van der Waals surface area contributed by atoms with E-state index < -0.39 is 23.7 Å². The van der Waals surface area contributed by atoms with Gasteiger partial charge < -0.3 is 9.47 Å². The molecule has 1 aliphatic rings. The summed E-state index contributed by atoms with van der Waals surface area (Å²) in [4.78, 5) is 38.5. The van der Waals surface area contributed by atoms with E-state index in [1.54, 1.807) is 18.2 Å². The zero-order valence-electron chi connectivity index (χ0n) is 18.5. The molecule has 184 valence electrons. The standard InChI is InChI=1S/C25H16Cl3FN2O5/c1-35-21-11-14(10-20(28)22(21)36-12-13-2-7-18(26)19(27)9-13)8-17-23(32)30-25(34)31(24(17)33)16-5-3-15(29)4-6-16/h2-11H,12H2,1H3,(H,30,32,34)/b17-8+. The maximum atomic E-state index is 13.3. The van der Waals surface area contributed by atoms with Gasteiger partial charge in [-0.15, -0.1) is 0 Å². The van der Waals surface area contributed by atoms with Crippen LogP contribution in [0.2, 0.25) is 15.1 Å². The Bertz CT molecular complexity index is 1410. The molecule has 0 radical (unpaired) electrons. The fourth-order valence-corrected chi connectivity index (χ4v) is 3.99. The molecule has 0 unspecified atom stereocenters. The highest BCUT2D eigenvalue weighted by Gasteiger charge is 2.36. The molecule has 1 N–H and O–H groups in total.